The first-order valence-corrected chi connectivity index (χ1v) is 6.87. The van der Waals surface area contributed by atoms with E-state index >= 15 is 0 Å². The fraction of sp³-hybridized carbons (Fsp3) is 0.118. The summed E-state index contributed by atoms with van der Waals surface area (Å²) in [4.78, 5) is 12.3. The van der Waals surface area contributed by atoms with Crippen LogP contribution in [0.4, 0.5) is 0 Å². The lowest BCUT2D eigenvalue weighted by Gasteiger charge is -2.06. The molecule has 2 aromatic rings. The van der Waals surface area contributed by atoms with Gasteiger partial charge in [-0.25, -0.2) is 0 Å². The highest BCUT2D eigenvalue weighted by atomic mass is 16.5. The topological polar surface area (TPSA) is 107 Å². The Hall–Kier alpha value is -2.83. The second kappa shape index (κ2) is 5.75. The number of ketones is 1. The zero-order valence-corrected chi connectivity index (χ0v) is 12.0. The molecule has 0 aromatic heterocycles. The van der Waals surface area contributed by atoms with E-state index in [1.807, 2.05) is 0 Å². The number of rotatable bonds is 3. The Morgan fingerprint density at radius 1 is 1.00 bits per heavy atom. The molecule has 0 bridgehead atoms. The van der Waals surface area contributed by atoms with Gasteiger partial charge in [-0.15, -0.1) is 0 Å². The minimum atomic E-state index is -0.491. The molecule has 2 aromatic carbocycles. The third kappa shape index (κ3) is 2.65. The third-order valence-corrected chi connectivity index (χ3v) is 3.61. The lowest BCUT2D eigenvalue weighted by molar-refractivity contribution is 0.101. The van der Waals surface area contributed by atoms with Crippen molar-refractivity contribution in [3.63, 3.8) is 0 Å². The molecule has 118 valence electrons. The van der Waals surface area contributed by atoms with Gasteiger partial charge in [-0.05, 0) is 28.8 Å². The third-order valence-electron chi connectivity index (χ3n) is 3.61. The van der Waals surface area contributed by atoms with E-state index in [0.717, 1.165) is 6.07 Å². The Morgan fingerprint density at radius 3 is 2.43 bits per heavy atom. The Morgan fingerprint density at radius 2 is 1.74 bits per heavy atom. The predicted molar refractivity (Wildman–Crippen MR) is 81.0 cm³/mol. The lowest BCUT2D eigenvalue weighted by atomic mass is 10.0. The Labute approximate surface area is 131 Å². The summed E-state index contributed by atoms with van der Waals surface area (Å²) in [6.07, 6.45) is 1.47. The summed E-state index contributed by atoms with van der Waals surface area (Å²) in [7, 11) is 0. The average molecular weight is 314 g/mol. The summed E-state index contributed by atoms with van der Waals surface area (Å²) in [6, 6.07) is 7.28. The van der Waals surface area contributed by atoms with Crippen LogP contribution in [0.2, 0.25) is 0 Å². The van der Waals surface area contributed by atoms with Gasteiger partial charge < -0.3 is 25.2 Å². The summed E-state index contributed by atoms with van der Waals surface area (Å²) in [5, 5.41) is 37.7. The number of carbonyl (C=O) groups is 1. The molecular formula is C17H14O6. The van der Waals surface area contributed by atoms with Crippen LogP contribution in [0, 0.1) is 0 Å². The maximum absolute atomic E-state index is 12.3. The second-order valence-corrected chi connectivity index (χ2v) is 5.12. The van der Waals surface area contributed by atoms with E-state index in [2.05, 4.69) is 0 Å². The minimum Gasteiger partial charge on any atom is -0.508 e. The van der Waals surface area contributed by atoms with Crippen molar-refractivity contribution in [2.75, 3.05) is 0 Å². The van der Waals surface area contributed by atoms with Gasteiger partial charge in [-0.2, -0.15) is 0 Å². The van der Waals surface area contributed by atoms with Gasteiger partial charge in [-0.3, -0.25) is 4.79 Å². The molecule has 1 heterocycles. The predicted octanol–water partition coefficient (Wildman–Crippen LogP) is 1.70. The Bertz CT molecular complexity index is 822. The number of Topliss-reactive ketones (excluding diaryl/α,β-unsaturated/α-hetero) is 1. The van der Waals surface area contributed by atoms with Crippen LogP contribution in [-0.4, -0.2) is 26.2 Å². The normalized spacial score (nSPS) is 14.9. The van der Waals surface area contributed by atoms with Crippen LogP contribution in [-0.2, 0) is 13.2 Å². The summed E-state index contributed by atoms with van der Waals surface area (Å²) >= 11 is 0. The minimum absolute atomic E-state index is 0.00142. The van der Waals surface area contributed by atoms with Crippen LogP contribution in [0.1, 0.15) is 27.0 Å². The summed E-state index contributed by atoms with van der Waals surface area (Å²) in [6.45, 7) is -0.433. The molecule has 0 unspecified atom stereocenters. The smallest absolute Gasteiger partial charge is 0.235 e. The van der Waals surface area contributed by atoms with E-state index < -0.39 is 5.78 Å². The van der Waals surface area contributed by atoms with Crippen molar-refractivity contribution < 1.29 is 30.0 Å². The molecule has 0 aliphatic carbocycles. The second-order valence-electron chi connectivity index (χ2n) is 5.12. The highest BCUT2D eigenvalue weighted by Gasteiger charge is 2.31. The van der Waals surface area contributed by atoms with Crippen LogP contribution in [0.3, 0.4) is 0 Å². The van der Waals surface area contributed by atoms with E-state index in [1.54, 1.807) is 18.2 Å². The summed E-state index contributed by atoms with van der Waals surface area (Å²) in [5.41, 5.74) is 1.75. The highest BCUT2D eigenvalue weighted by molar-refractivity contribution is 6.16. The quantitative estimate of drug-likeness (QED) is 0.642. The van der Waals surface area contributed by atoms with Gasteiger partial charge in [0.1, 0.15) is 22.8 Å². The summed E-state index contributed by atoms with van der Waals surface area (Å²) < 4.78 is 5.39. The van der Waals surface area contributed by atoms with Gasteiger partial charge in [0.05, 0.1) is 13.2 Å². The number of aliphatic hydroxyl groups excluding tert-OH is 2. The van der Waals surface area contributed by atoms with E-state index in [0.29, 0.717) is 16.7 Å². The van der Waals surface area contributed by atoms with E-state index in [4.69, 9.17) is 4.74 Å². The van der Waals surface area contributed by atoms with Gasteiger partial charge in [0, 0.05) is 12.1 Å². The fourth-order valence-corrected chi connectivity index (χ4v) is 2.47. The van der Waals surface area contributed by atoms with Crippen molar-refractivity contribution in [3.8, 4) is 17.2 Å². The molecule has 0 saturated carbocycles. The van der Waals surface area contributed by atoms with Crippen molar-refractivity contribution in [2.45, 2.75) is 13.2 Å². The van der Waals surface area contributed by atoms with Crippen LogP contribution < -0.4 is 4.74 Å². The van der Waals surface area contributed by atoms with Crippen LogP contribution >= 0.6 is 0 Å². The maximum Gasteiger partial charge on any atom is 0.235 e. The number of hydrogen-bond acceptors (Lipinski definition) is 6. The van der Waals surface area contributed by atoms with Crippen molar-refractivity contribution in [1.82, 2.24) is 0 Å². The molecule has 0 fully saturated rings. The molecule has 6 nitrogen and oxygen atoms in total. The standard InChI is InChI=1S/C17H14O6/c18-7-10-2-1-9(3-11(10)8-19)4-15-17(22)16-13(21)5-12(20)6-14(16)23-15/h1-6,18-21H,7-8H2/b15-4-. The number of aliphatic hydroxyl groups is 2. The van der Waals surface area contributed by atoms with Gasteiger partial charge in [0.25, 0.3) is 0 Å². The number of carbonyl (C=O) groups excluding carboxylic acids is 1. The van der Waals surface area contributed by atoms with Gasteiger partial charge >= 0.3 is 0 Å². The largest absolute Gasteiger partial charge is 0.508 e. The van der Waals surface area contributed by atoms with E-state index in [-0.39, 0.29) is 41.8 Å². The molecule has 1 aliphatic heterocycles. The molecular weight excluding hydrogens is 300 g/mol. The molecule has 6 heteroatoms. The molecule has 0 radical (unpaired) electrons. The van der Waals surface area contributed by atoms with E-state index in [9.17, 15) is 25.2 Å². The number of phenolic OH excluding ortho intramolecular Hbond substituents is 2. The molecule has 0 saturated heterocycles. The number of allylic oxidation sites excluding steroid dienone is 1. The molecule has 0 spiro atoms. The van der Waals surface area contributed by atoms with Gasteiger partial charge in [-0.1, -0.05) is 12.1 Å². The molecule has 23 heavy (non-hydrogen) atoms. The van der Waals surface area contributed by atoms with Crippen molar-refractivity contribution in [1.29, 1.82) is 0 Å². The average Bonchev–Trinajstić information content (AvgIpc) is 2.83. The zero-order chi connectivity index (χ0) is 16.6. The molecule has 0 atom stereocenters. The molecule has 1 aliphatic rings. The van der Waals surface area contributed by atoms with Crippen LogP contribution in [0.5, 0.6) is 17.2 Å². The van der Waals surface area contributed by atoms with Gasteiger partial charge in [0.15, 0.2) is 5.76 Å². The maximum atomic E-state index is 12.3. The van der Waals surface area contributed by atoms with Crippen molar-refractivity contribution in [2.24, 2.45) is 0 Å². The number of benzene rings is 2. The Kier molecular flexibility index (Phi) is 3.77. The van der Waals surface area contributed by atoms with E-state index in [1.165, 1.54) is 12.1 Å². The molecule has 3 rings (SSSR count). The first-order valence-electron chi connectivity index (χ1n) is 6.87. The van der Waals surface area contributed by atoms with Crippen LogP contribution in [0.15, 0.2) is 36.1 Å². The van der Waals surface area contributed by atoms with Crippen molar-refractivity contribution in [3.05, 3.63) is 58.3 Å². The number of aromatic hydroxyl groups is 2. The van der Waals surface area contributed by atoms with Gasteiger partial charge in [0.2, 0.25) is 5.78 Å². The monoisotopic (exact) mass is 314 g/mol. The fourth-order valence-electron chi connectivity index (χ4n) is 2.47. The number of ether oxygens (including phenoxy) is 1. The first kappa shape index (κ1) is 15.1. The molecule has 4 N–H and O–H groups in total. The lowest BCUT2D eigenvalue weighted by Crippen LogP contribution is -1.99. The Balaban J connectivity index is 1.99. The zero-order valence-electron chi connectivity index (χ0n) is 12.0. The number of hydrogen-bond donors (Lipinski definition) is 4. The number of fused-ring (bicyclic) bond motifs is 1. The highest BCUT2D eigenvalue weighted by Crippen LogP contribution is 2.40. The molecule has 0 amide bonds. The first-order chi connectivity index (χ1) is 11.0. The van der Waals surface area contributed by atoms with Crippen LogP contribution in [0.25, 0.3) is 6.08 Å². The van der Waals surface area contributed by atoms with Crippen molar-refractivity contribution >= 4 is 11.9 Å². The summed E-state index contributed by atoms with van der Waals surface area (Å²) in [5.74, 6) is -0.950. The SMILES string of the molecule is O=C1/C(=C/c2ccc(CO)c(CO)c2)Oc2cc(O)cc(O)c21. The number of phenols is 2.